The number of para-hydroxylation sites is 2. The first-order valence-electron chi connectivity index (χ1n) is 9.73. The summed E-state index contributed by atoms with van der Waals surface area (Å²) in [5, 5.41) is 2.69. The monoisotopic (exact) mass is 416 g/mol. The van der Waals surface area contributed by atoms with Crippen LogP contribution < -0.4 is 10.1 Å². The Bertz CT molecular complexity index is 1220. The topological polar surface area (TPSA) is 106 Å². The Morgan fingerprint density at radius 1 is 1.10 bits per heavy atom. The zero-order valence-corrected chi connectivity index (χ0v) is 16.8. The van der Waals surface area contributed by atoms with Crippen LogP contribution in [-0.2, 0) is 9.53 Å². The lowest BCUT2D eigenvalue weighted by Gasteiger charge is -2.11. The molecule has 2 aromatic heterocycles. The van der Waals surface area contributed by atoms with E-state index >= 15 is 0 Å². The molecular formula is C23H20N4O4. The Labute approximate surface area is 178 Å². The van der Waals surface area contributed by atoms with Crippen LogP contribution in [0.4, 0.5) is 5.69 Å². The Balaban J connectivity index is 1.41. The van der Waals surface area contributed by atoms with Crippen molar-refractivity contribution in [1.82, 2.24) is 15.0 Å². The van der Waals surface area contributed by atoms with Gasteiger partial charge in [0.2, 0.25) is 0 Å². The van der Waals surface area contributed by atoms with Crippen molar-refractivity contribution in [2.75, 3.05) is 18.5 Å². The van der Waals surface area contributed by atoms with E-state index < -0.39 is 18.5 Å². The highest BCUT2D eigenvalue weighted by atomic mass is 16.5. The van der Waals surface area contributed by atoms with Gasteiger partial charge >= 0.3 is 5.97 Å². The Morgan fingerprint density at radius 2 is 1.97 bits per heavy atom. The van der Waals surface area contributed by atoms with Crippen LogP contribution in [0.1, 0.15) is 17.3 Å². The molecule has 1 amide bonds. The summed E-state index contributed by atoms with van der Waals surface area (Å²) in [5.74, 6) is 0.148. The number of fused-ring (bicyclic) bond motifs is 1. The summed E-state index contributed by atoms with van der Waals surface area (Å²) in [5.41, 5.74) is 3.07. The second-order valence-electron chi connectivity index (χ2n) is 6.61. The van der Waals surface area contributed by atoms with Gasteiger partial charge in [-0.05, 0) is 49.4 Å². The zero-order chi connectivity index (χ0) is 21.6. The van der Waals surface area contributed by atoms with Crippen molar-refractivity contribution in [3.63, 3.8) is 0 Å². The van der Waals surface area contributed by atoms with Gasteiger partial charge in [0, 0.05) is 18.0 Å². The molecule has 2 heterocycles. The van der Waals surface area contributed by atoms with Gasteiger partial charge in [-0.15, -0.1) is 0 Å². The lowest BCUT2D eigenvalue weighted by molar-refractivity contribution is -0.119. The molecule has 0 spiro atoms. The summed E-state index contributed by atoms with van der Waals surface area (Å²) in [6.07, 6.45) is 3.39. The SMILES string of the molecule is CCOc1ccccc1NC(=O)COC(=O)c1ccc2nc(-c3cccnc3)[nH]c2c1. The number of benzene rings is 2. The number of amides is 1. The van der Waals surface area contributed by atoms with E-state index in [1.165, 1.54) is 0 Å². The molecule has 0 saturated heterocycles. The minimum atomic E-state index is -0.604. The molecule has 8 heteroatoms. The van der Waals surface area contributed by atoms with Gasteiger partial charge in [-0.3, -0.25) is 9.78 Å². The number of esters is 1. The van der Waals surface area contributed by atoms with Gasteiger partial charge < -0.3 is 19.8 Å². The number of rotatable bonds is 7. The number of hydrogen-bond donors (Lipinski definition) is 2. The number of carbonyl (C=O) groups is 2. The fraction of sp³-hybridized carbons (Fsp3) is 0.130. The van der Waals surface area contributed by atoms with E-state index in [1.807, 2.05) is 25.1 Å². The summed E-state index contributed by atoms with van der Waals surface area (Å²) in [7, 11) is 0. The molecule has 0 aliphatic heterocycles. The number of anilines is 1. The first-order chi connectivity index (χ1) is 15.1. The molecule has 8 nitrogen and oxygen atoms in total. The lowest BCUT2D eigenvalue weighted by atomic mass is 10.2. The van der Waals surface area contributed by atoms with Gasteiger partial charge in [0.05, 0.1) is 28.9 Å². The second kappa shape index (κ2) is 9.08. The van der Waals surface area contributed by atoms with Crippen LogP contribution in [0, 0.1) is 0 Å². The molecule has 2 N–H and O–H groups in total. The molecule has 0 saturated carbocycles. The smallest absolute Gasteiger partial charge is 0.338 e. The zero-order valence-electron chi connectivity index (χ0n) is 16.8. The number of nitrogens with one attached hydrogen (secondary N) is 2. The highest BCUT2D eigenvalue weighted by Crippen LogP contribution is 2.24. The van der Waals surface area contributed by atoms with E-state index in [0.717, 1.165) is 5.56 Å². The molecule has 4 aromatic rings. The third-order valence-corrected chi connectivity index (χ3v) is 4.45. The van der Waals surface area contributed by atoms with E-state index in [4.69, 9.17) is 9.47 Å². The number of imidazole rings is 1. The van der Waals surface area contributed by atoms with Crippen molar-refractivity contribution in [2.45, 2.75) is 6.92 Å². The van der Waals surface area contributed by atoms with Crippen LogP contribution in [0.25, 0.3) is 22.4 Å². The van der Waals surface area contributed by atoms with Gasteiger partial charge in [-0.1, -0.05) is 12.1 Å². The molecule has 0 aliphatic rings. The predicted molar refractivity (Wildman–Crippen MR) is 116 cm³/mol. The number of aromatic nitrogens is 3. The normalized spacial score (nSPS) is 10.6. The maximum atomic E-state index is 12.4. The van der Waals surface area contributed by atoms with Crippen molar-refractivity contribution >= 4 is 28.6 Å². The Hall–Kier alpha value is -4.20. The molecule has 4 rings (SSSR count). The van der Waals surface area contributed by atoms with Gasteiger partial charge in [-0.2, -0.15) is 0 Å². The first-order valence-corrected chi connectivity index (χ1v) is 9.73. The molecule has 0 fully saturated rings. The molecule has 0 radical (unpaired) electrons. The number of nitrogens with zero attached hydrogens (tertiary/aromatic N) is 2. The Kier molecular flexibility index (Phi) is 5.89. The lowest BCUT2D eigenvalue weighted by Crippen LogP contribution is -2.21. The van der Waals surface area contributed by atoms with Crippen LogP contribution in [0.3, 0.4) is 0 Å². The highest BCUT2D eigenvalue weighted by Gasteiger charge is 2.14. The molecule has 156 valence electrons. The van der Waals surface area contributed by atoms with E-state index in [-0.39, 0.29) is 0 Å². The number of aromatic amines is 1. The maximum Gasteiger partial charge on any atom is 0.338 e. The molecule has 0 aliphatic carbocycles. The maximum absolute atomic E-state index is 12.4. The summed E-state index contributed by atoms with van der Waals surface area (Å²) < 4.78 is 10.6. The first kappa shape index (κ1) is 20.1. The van der Waals surface area contributed by atoms with E-state index in [1.54, 1.807) is 48.8 Å². The molecule has 0 atom stereocenters. The number of hydrogen-bond acceptors (Lipinski definition) is 6. The van der Waals surface area contributed by atoms with Crippen LogP contribution in [-0.4, -0.2) is 40.0 Å². The van der Waals surface area contributed by atoms with E-state index in [9.17, 15) is 9.59 Å². The number of H-pyrrole nitrogens is 1. The molecule has 0 unspecified atom stereocenters. The molecular weight excluding hydrogens is 396 g/mol. The van der Waals surface area contributed by atoms with Crippen molar-refractivity contribution in [3.8, 4) is 17.1 Å². The Morgan fingerprint density at radius 3 is 2.77 bits per heavy atom. The largest absolute Gasteiger partial charge is 0.492 e. The number of pyridine rings is 1. The summed E-state index contributed by atoms with van der Waals surface area (Å²) in [4.78, 5) is 36.4. The van der Waals surface area contributed by atoms with Gasteiger partial charge in [-0.25, -0.2) is 9.78 Å². The quantitative estimate of drug-likeness (QED) is 0.444. The van der Waals surface area contributed by atoms with Crippen LogP contribution in [0.5, 0.6) is 5.75 Å². The minimum absolute atomic E-state index is 0.316. The average Bonchev–Trinajstić information content (AvgIpc) is 3.23. The van der Waals surface area contributed by atoms with Crippen molar-refractivity contribution in [3.05, 3.63) is 72.6 Å². The summed E-state index contributed by atoms with van der Waals surface area (Å²) in [6.45, 7) is 1.91. The van der Waals surface area contributed by atoms with Gasteiger partial charge in [0.1, 0.15) is 11.6 Å². The summed E-state index contributed by atoms with van der Waals surface area (Å²) in [6, 6.07) is 15.8. The van der Waals surface area contributed by atoms with E-state index in [0.29, 0.717) is 40.5 Å². The fourth-order valence-electron chi connectivity index (χ4n) is 3.03. The van der Waals surface area contributed by atoms with Crippen molar-refractivity contribution in [1.29, 1.82) is 0 Å². The van der Waals surface area contributed by atoms with Crippen molar-refractivity contribution in [2.24, 2.45) is 0 Å². The van der Waals surface area contributed by atoms with Crippen molar-refractivity contribution < 1.29 is 19.1 Å². The second-order valence-corrected chi connectivity index (χ2v) is 6.61. The number of carbonyl (C=O) groups excluding carboxylic acids is 2. The van der Waals surface area contributed by atoms with Crippen LogP contribution in [0.2, 0.25) is 0 Å². The molecule has 0 bridgehead atoms. The molecule has 31 heavy (non-hydrogen) atoms. The fourth-order valence-corrected chi connectivity index (χ4v) is 3.03. The van der Waals surface area contributed by atoms with E-state index in [2.05, 4.69) is 20.3 Å². The molecule has 2 aromatic carbocycles. The van der Waals surface area contributed by atoms with Gasteiger partial charge in [0.15, 0.2) is 6.61 Å². The van der Waals surface area contributed by atoms with Crippen LogP contribution in [0.15, 0.2) is 67.0 Å². The third-order valence-electron chi connectivity index (χ3n) is 4.45. The summed E-state index contributed by atoms with van der Waals surface area (Å²) >= 11 is 0. The predicted octanol–water partition coefficient (Wildman–Crippen LogP) is 3.82. The minimum Gasteiger partial charge on any atom is -0.492 e. The number of ether oxygens (including phenoxy) is 2. The average molecular weight is 416 g/mol. The van der Waals surface area contributed by atoms with Crippen LogP contribution >= 0.6 is 0 Å². The standard InChI is InChI=1S/C23H20N4O4/c1-2-30-20-8-4-3-7-18(20)25-21(28)14-31-23(29)15-9-10-17-19(12-15)27-22(26-17)16-6-5-11-24-13-16/h3-13H,2,14H2,1H3,(H,25,28)(H,26,27). The van der Waals surface area contributed by atoms with Gasteiger partial charge in [0.25, 0.3) is 5.91 Å². The third kappa shape index (κ3) is 4.69. The highest BCUT2D eigenvalue weighted by molar-refractivity contribution is 5.98.